The number of nitrogens with one attached hydrogen (secondary N) is 2. The maximum Gasteiger partial charge on any atom is 0.417 e. The van der Waals surface area contributed by atoms with E-state index in [1.165, 1.54) is 30.6 Å². The summed E-state index contributed by atoms with van der Waals surface area (Å²) in [6, 6.07) is 7.35. The van der Waals surface area contributed by atoms with Gasteiger partial charge in [0.15, 0.2) is 0 Å². The minimum Gasteiger partial charge on any atom is -0.383 e. The van der Waals surface area contributed by atoms with Gasteiger partial charge in [-0.05, 0) is 68.1 Å². The summed E-state index contributed by atoms with van der Waals surface area (Å²) >= 11 is 0. The first-order valence-corrected chi connectivity index (χ1v) is 13.6. The van der Waals surface area contributed by atoms with Crippen LogP contribution in [0.2, 0.25) is 0 Å². The zero-order valence-electron chi connectivity index (χ0n) is 22.8. The molecule has 6 rings (SSSR count). The van der Waals surface area contributed by atoms with Crippen LogP contribution in [-0.4, -0.2) is 45.6 Å². The summed E-state index contributed by atoms with van der Waals surface area (Å²) in [6.45, 7) is 1.58. The summed E-state index contributed by atoms with van der Waals surface area (Å²) in [5.41, 5.74) is 7.94. The number of nitrogen functional groups attached to an aromatic ring is 1. The molecule has 1 saturated heterocycles. The average molecular weight is 580 g/mol. The monoisotopic (exact) mass is 579 g/mol. The van der Waals surface area contributed by atoms with Crippen molar-refractivity contribution in [2.75, 3.05) is 36.5 Å². The molecule has 0 radical (unpaired) electrons. The van der Waals surface area contributed by atoms with Crippen LogP contribution in [-0.2, 0) is 6.18 Å². The Morgan fingerprint density at radius 1 is 1.07 bits per heavy atom. The van der Waals surface area contributed by atoms with E-state index in [0.29, 0.717) is 41.0 Å². The largest absolute Gasteiger partial charge is 0.417 e. The van der Waals surface area contributed by atoms with Gasteiger partial charge in [0.25, 0.3) is 0 Å². The number of urea groups is 1. The lowest BCUT2D eigenvalue weighted by atomic mass is 9.98. The van der Waals surface area contributed by atoms with E-state index in [1.807, 2.05) is 17.8 Å². The Hall–Kier alpha value is -4.45. The van der Waals surface area contributed by atoms with E-state index in [4.69, 9.17) is 5.73 Å². The van der Waals surface area contributed by atoms with Gasteiger partial charge in [0, 0.05) is 36.6 Å². The first-order valence-electron chi connectivity index (χ1n) is 13.6. The summed E-state index contributed by atoms with van der Waals surface area (Å²) in [4.78, 5) is 23.2. The van der Waals surface area contributed by atoms with Gasteiger partial charge < -0.3 is 25.8 Å². The summed E-state index contributed by atoms with van der Waals surface area (Å²) in [5.74, 6) is -0.440. The number of aromatic nitrogens is 3. The van der Waals surface area contributed by atoms with Crippen molar-refractivity contribution in [3.8, 4) is 11.1 Å². The van der Waals surface area contributed by atoms with Crippen molar-refractivity contribution in [1.29, 1.82) is 0 Å². The Morgan fingerprint density at radius 2 is 1.83 bits per heavy atom. The highest BCUT2D eigenvalue weighted by Gasteiger charge is 2.33. The number of alkyl halides is 3. The number of fused-ring (bicyclic) bond motifs is 1. The van der Waals surface area contributed by atoms with Crippen LogP contribution in [0.3, 0.4) is 0 Å². The summed E-state index contributed by atoms with van der Waals surface area (Å²) in [7, 11) is 1.98. The van der Waals surface area contributed by atoms with Crippen LogP contribution in [0.1, 0.15) is 42.9 Å². The van der Waals surface area contributed by atoms with E-state index >= 15 is 4.39 Å². The van der Waals surface area contributed by atoms with Crippen LogP contribution in [0.5, 0.6) is 0 Å². The van der Waals surface area contributed by atoms with Crippen molar-refractivity contribution < 1.29 is 22.4 Å². The standard InChI is InChI=1S/C30H29F4N7O/c1-40-10-8-17(9-11-40)12-19-2-4-20(14-23(19)30(32,33)34)38-29(42)39-25-7-3-18(13-24(25)31)22-15-41(21-5-6-21)28-26(22)27(35)36-16-37-28/h2-4,7,12-16,21H,5-6,8-11H2,1H3,(H2,35,36,37)(H2,38,39,42). The van der Waals surface area contributed by atoms with Crippen LogP contribution in [0.4, 0.5) is 39.5 Å². The molecule has 12 heteroatoms. The number of halogens is 4. The van der Waals surface area contributed by atoms with Crippen LogP contribution in [0, 0.1) is 5.82 Å². The third-order valence-electron chi connectivity index (χ3n) is 7.71. The van der Waals surface area contributed by atoms with Gasteiger partial charge in [-0.25, -0.2) is 19.2 Å². The van der Waals surface area contributed by atoms with Crippen molar-refractivity contribution in [2.45, 2.75) is 37.9 Å². The Balaban J connectivity index is 1.20. The van der Waals surface area contributed by atoms with E-state index < -0.39 is 23.6 Å². The third kappa shape index (κ3) is 5.67. The Bertz CT molecular complexity index is 1700. The van der Waals surface area contributed by atoms with Gasteiger partial charge in [0.05, 0.1) is 16.6 Å². The van der Waals surface area contributed by atoms with Gasteiger partial charge >= 0.3 is 12.2 Å². The van der Waals surface area contributed by atoms with Gasteiger partial charge in [0.1, 0.15) is 23.6 Å². The first kappa shape index (κ1) is 27.7. The smallest absolute Gasteiger partial charge is 0.383 e. The number of nitrogens with two attached hydrogens (primary N) is 1. The van der Waals surface area contributed by atoms with Gasteiger partial charge in [-0.1, -0.05) is 23.8 Å². The minimum atomic E-state index is -4.62. The topological polar surface area (TPSA) is 101 Å². The molecule has 218 valence electrons. The molecule has 2 aliphatic rings. The van der Waals surface area contributed by atoms with E-state index in [1.54, 1.807) is 12.1 Å². The Kier molecular flexibility index (Phi) is 7.09. The number of carbonyl (C=O) groups excluding carboxylic acids is 1. The second-order valence-electron chi connectivity index (χ2n) is 10.8. The third-order valence-corrected chi connectivity index (χ3v) is 7.71. The number of anilines is 3. The molecule has 2 amide bonds. The highest BCUT2D eigenvalue weighted by Crippen LogP contribution is 2.42. The molecule has 0 atom stereocenters. The van der Waals surface area contributed by atoms with Crippen LogP contribution in [0.15, 0.2) is 54.5 Å². The van der Waals surface area contributed by atoms with E-state index in [2.05, 4.69) is 25.5 Å². The van der Waals surface area contributed by atoms with Gasteiger partial charge in [-0.15, -0.1) is 0 Å². The first-order chi connectivity index (χ1) is 20.1. The minimum absolute atomic E-state index is 0.0451. The fourth-order valence-corrected chi connectivity index (χ4v) is 5.30. The summed E-state index contributed by atoms with van der Waals surface area (Å²) < 4.78 is 58.9. The average Bonchev–Trinajstić information content (AvgIpc) is 3.71. The molecule has 4 aromatic rings. The molecule has 0 spiro atoms. The SMILES string of the molecule is CN1CCC(=Cc2ccc(NC(=O)Nc3ccc(-c4cn(C5CC5)c5ncnc(N)c45)cc3F)cc2C(F)(F)F)CC1. The molecule has 2 aromatic carbocycles. The highest BCUT2D eigenvalue weighted by atomic mass is 19.4. The second kappa shape index (κ2) is 10.8. The molecule has 0 bridgehead atoms. The Morgan fingerprint density at radius 3 is 2.52 bits per heavy atom. The summed E-state index contributed by atoms with van der Waals surface area (Å²) in [6.07, 6.45) is 3.67. The van der Waals surface area contributed by atoms with Crippen LogP contribution in [0.25, 0.3) is 28.2 Å². The molecule has 8 nitrogen and oxygen atoms in total. The zero-order chi connectivity index (χ0) is 29.6. The fraction of sp³-hybridized carbons (Fsp3) is 0.300. The second-order valence-corrected chi connectivity index (χ2v) is 10.8. The predicted octanol–water partition coefficient (Wildman–Crippen LogP) is 6.93. The van der Waals surface area contributed by atoms with Gasteiger partial charge in [0.2, 0.25) is 0 Å². The molecular formula is C30H29F4N7O. The number of hydrogen-bond donors (Lipinski definition) is 3. The quantitative estimate of drug-likeness (QED) is 0.223. The van der Waals surface area contributed by atoms with E-state index in [-0.39, 0.29) is 22.8 Å². The number of piperidine rings is 1. The molecule has 1 saturated carbocycles. The van der Waals surface area contributed by atoms with Crippen molar-refractivity contribution in [3.05, 3.63) is 71.4 Å². The number of likely N-dealkylation sites (tertiary alicyclic amines) is 1. The number of benzene rings is 2. The van der Waals surface area contributed by atoms with Crippen molar-refractivity contribution in [2.24, 2.45) is 0 Å². The van der Waals surface area contributed by atoms with Crippen LogP contribution < -0.4 is 16.4 Å². The lowest BCUT2D eigenvalue weighted by Crippen LogP contribution is -2.26. The molecule has 42 heavy (non-hydrogen) atoms. The fourth-order valence-electron chi connectivity index (χ4n) is 5.30. The summed E-state index contributed by atoms with van der Waals surface area (Å²) in [5, 5.41) is 5.39. The predicted molar refractivity (Wildman–Crippen MR) is 154 cm³/mol. The number of rotatable bonds is 5. The number of hydrogen-bond acceptors (Lipinski definition) is 5. The molecule has 4 N–H and O–H groups in total. The maximum absolute atomic E-state index is 15.2. The molecule has 1 aliphatic carbocycles. The maximum atomic E-state index is 15.2. The lowest BCUT2D eigenvalue weighted by molar-refractivity contribution is -0.137. The zero-order valence-corrected chi connectivity index (χ0v) is 22.8. The molecule has 3 heterocycles. The van der Waals surface area contributed by atoms with Gasteiger partial charge in [-0.3, -0.25) is 0 Å². The number of amides is 2. The van der Waals surface area contributed by atoms with E-state index in [0.717, 1.165) is 37.6 Å². The molecular weight excluding hydrogens is 550 g/mol. The molecule has 1 aliphatic heterocycles. The van der Waals surface area contributed by atoms with Crippen LogP contribution >= 0.6 is 0 Å². The van der Waals surface area contributed by atoms with Crippen molar-refractivity contribution in [3.63, 3.8) is 0 Å². The number of nitrogens with zero attached hydrogens (tertiary/aromatic N) is 4. The lowest BCUT2D eigenvalue weighted by Gasteiger charge is -2.24. The highest BCUT2D eigenvalue weighted by molar-refractivity contribution is 6.02. The van der Waals surface area contributed by atoms with Crippen molar-refractivity contribution >= 4 is 40.3 Å². The van der Waals surface area contributed by atoms with Gasteiger partial charge in [-0.2, -0.15) is 13.2 Å². The van der Waals surface area contributed by atoms with Crippen molar-refractivity contribution in [1.82, 2.24) is 19.4 Å². The number of carbonyl (C=O) groups is 1. The van der Waals surface area contributed by atoms with E-state index in [9.17, 15) is 18.0 Å². The normalized spacial score (nSPS) is 16.1. The Labute approximate surface area is 239 Å². The molecule has 0 unspecified atom stereocenters. The molecule has 2 aromatic heterocycles. The molecule has 2 fully saturated rings.